The second-order valence-corrected chi connectivity index (χ2v) is 22.4. The van der Waals surface area contributed by atoms with Gasteiger partial charge in [0.2, 0.25) is 0 Å². The van der Waals surface area contributed by atoms with Gasteiger partial charge in [0.25, 0.3) is 0 Å². The Balaban J connectivity index is 2.70. The molecule has 1 saturated heterocycles. The van der Waals surface area contributed by atoms with Crippen LogP contribution in [0.1, 0.15) is 278 Å². The lowest BCUT2D eigenvalue weighted by Crippen LogP contribution is -2.61. The van der Waals surface area contributed by atoms with Crippen LogP contribution in [0.5, 0.6) is 0 Å². The minimum absolute atomic E-state index is 0.0217. The maximum absolute atomic E-state index is 13.2. The number of carbonyl (C=O) groups is 4. The molecular formula is C71H118O12. The third-order valence-electron chi connectivity index (χ3n) is 14.6. The maximum Gasteiger partial charge on any atom is 0.335 e. The van der Waals surface area contributed by atoms with Crippen LogP contribution in [-0.2, 0) is 42.9 Å². The number of hydrogen-bond donors (Lipinski definition) is 3. The van der Waals surface area contributed by atoms with Gasteiger partial charge < -0.3 is 39.0 Å². The van der Waals surface area contributed by atoms with E-state index < -0.39 is 67.3 Å². The summed E-state index contributed by atoms with van der Waals surface area (Å²) in [5.74, 6) is -3.20. The van der Waals surface area contributed by atoms with Gasteiger partial charge in [-0.1, -0.05) is 259 Å². The fraction of sp³-hybridized carbons (Fsp3) is 0.718. The average Bonchev–Trinajstić information content (AvgIpc) is 3.55. The zero-order valence-corrected chi connectivity index (χ0v) is 52.4. The van der Waals surface area contributed by atoms with Gasteiger partial charge in [-0.3, -0.25) is 14.4 Å². The molecule has 6 unspecified atom stereocenters. The number of hydrogen-bond acceptors (Lipinski definition) is 11. The van der Waals surface area contributed by atoms with Crippen LogP contribution in [0.2, 0.25) is 0 Å². The summed E-state index contributed by atoms with van der Waals surface area (Å²) in [6.07, 6.45) is 65.1. The molecule has 1 fully saturated rings. The van der Waals surface area contributed by atoms with Crippen LogP contribution in [0.4, 0.5) is 0 Å². The highest BCUT2D eigenvalue weighted by atomic mass is 16.7. The molecule has 0 aromatic carbocycles. The summed E-state index contributed by atoms with van der Waals surface area (Å²) in [5.41, 5.74) is 0. The number of carboxylic acid groups (broad SMARTS) is 1. The molecule has 6 atom stereocenters. The number of carboxylic acids is 1. The molecule has 12 nitrogen and oxygen atoms in total. The summed E-state index contributed by atoms with van der Waals surface area (Å²) >= 11 is 0. The van der Waals surface area contributed by atoms with E-state index in [-0.39, 0.29) is 25.9 Å². The van der Waals surface area contributed by atoms with Gasteiger partial charge in [-0.15, -0.1) is 0 Å². The minimum atomic E-state index is -1.93. The van der Waals surface area contributed by atoms with Crippen LogP contribution >= 0.6 is 0 Å². The minimum Gasteiger partial charge on any atom is -0.479 e. The fourth-order valence-electron chi connectivity index (χ4n) is 9.59. The molecular weight excluding hydrogens is 1040 g/mol. The van der Waals surface area contributed by atoms with E-state index >= 15 is 0 Å². The molecule has 474 valence electrons. The molecule has 0 bridgehead atoms. The number of aliphatic hydroxyl groups excluding tert-OH is 2. The van der Waals surface area contributed by atoms with Crippen molar-refractivity contribution >= 4 is 23.9 Å². The molecule has 12 heteroatoms. The number of esters is 3. The van der Waals surface area contributed by atoms with Crippen molar-refractivity contribution in [1.82, 2.24) is 0 Å². The quantitative estimate of drug-likeness (QED) is 0.0228. The van der Waals surface area contributed by atoms with Crippen LogP contribution in [0.15, 0.2) is 97.2 Å². The molecule has 0 saturated carbocycles. The summed E-state index contributed by atoms with van der Waals surface area (Å²) in [5, 5.41) is 31.6. The fourth-order valence-corrected chi connectivity index (χ4v) is 9.59. The molecule has 0 aliphatic carbocycles. The highest BCUT2D eigenvalue weighted by Crippen LogP contribution is 2.26. The Kier molecular flexibility index (Phi) is 53.6. The van der Waals surface area contributed by atoms with Gasteiger partial charge in [0, 0.05) is 19.3 Å². The van der Waals surface area contributed by atoms with Gasteiger partial charge in [-0.25, -0.2) is 4.79 Å². The van der Waals surface area contributed by atoms with E-state index in [0.29, 0.717) is 25.7 Å². The van der Waals surface area contributed by atoms with Crippen molar-refractivity contribution in [3.05, 3.63) is 97.2 Å². The third-order valence-corrected chi connectivity index (χ3v) is 14.6. The SMILES string of the molecule is CC/C=C\C/C=C\C/C=C\C/C=C\C/C=C\CCCC(=O)OC1C(OCC(COC(=O)CCCCCCCC/C=C\C/C=C\C/C=C\CCCCC)OC(=O)CCCCCCCCCCCCCCCCCCC)OC(C(=O)O)C(O)C1O. The van der Waals surface area contributed by atoms with Crippen molar-refractivity contribution in [3.63, 3.8) is 0 Å². The van der Waals surface area contributed by atoms with Crippen LogP contribution < -0.4 is 0 Å². The average molecular weight is 1160 g/mol. The summed E-state index contributed by atoms with van der Waals surface area (Å²) in [4.78, 5) is 51.4. The van der Waals surface area contributed by atoms with Crippen molar-refractivity contribution in [2.75, 3.05) is 13.2 Å². The Bertz CT molecular complexity index is 1810. The molecule has 1 aliphatic heterocycles. The molecule has 1 rings (SSSR count). The lowest BCUT2D eigenvalue weighted by Gasteiger charge is -2.40. The lowest BCUT2D eigenvalue weighted by molar-refractivity contribution is -0.301. The van der Waals surface area contributed by atoms with Crippen molar-refractivity contribution in [2.45, 2.75) is 314 Å². The summed E-state index contributed by atoms with van der Waals surface area (Å²) < 4.78 is 28.5. The van der Waals surface area contributed by atoms with Gasteiger partial charge in [0.15, 0.2) is 24.6 Å². The van der Waals surface area contributed by atoms with Crippen LogP contribution in [0.3, 0.4) is 0 Å². The molecule has 0 radical (unpaired) electrons. The number of allylic oxidation sites excluding steroid dienone is 16. The van der Waals surface area contributed by atoms with Crippen LogP contribution in [-0.4, -0.2) is 89.2 Å². The first-order valence-corrected chi connectivity index (χ1v) is 33.2. The van der Waals surface area contributed by atoms with Gasteiger partial charge in [0.1, 0.15) is 18.8 Å². The first kappa shape index (κ1) is 76.7. The number of aliphatic carboxylic acids is 1. The van der Waals surface area contributed by atoms with E-state index in [1.807, 2.05) is 12.2 Å². The Morgan fingerprint density at radius 2 is 0.771 bits per heavy atom. The zero-order valence-electron chi connectivity index (χ0n) is 52.4. The molecule has 0 spiro atoms. The van der Waals surface area contributed by atoms with Crippen molar-refractivity contribution in [2.24, 2.45) is 0 Å². The number of ether oxygens (including phenoxy) is 5. The van der Waals surface area contributed by atoms with Crippen LogP contribution in [0, 0.1) is 0 Å². The zero-order chi connectivity index (χ0) is 60.3. The smallest absolute Gasteiger partial charge is 0.335 e. The predicted octanol–water partition coefficient (Wildman–Crippen LogP) is 18.0. The summed E-state index contributed by atoms with van der Waals surface area (Å²) in [6.45, 7) is 5.85. The standard InChI is InChI=1S/C71H118O12/c1-4-7-10-13-16-19-22-25-28-31-32-35-36-39-42-45-48-51-54-57-63(72)79-60-62(81-64(73)58-55-52-49-46-43-40-37-33-29-26-23-20-17-14-11-8-5-2)61-80-71-69(67(76)66(75)68(83-71)70(77)78)82-65(74)59-56-53-50-47-44-41-38-34-30-27-24-21-18-15-12-9-6-3/h9,12,16,18-19,21,25,27-28,30,32,35,38,41,47,50,62,66-69,71,75-76H,4-8,10-11,13-15,17,20,22-24,26,29,31,33-34,36-37,39-40,42-46,48-49,51-61H2,1-3H3,(H,77,78)/b12-9-,19-16-,21-18-,28-25-,30-27-,35-32-,41-38-,50-47-. The number of carbonyl (C=O) groups excluding carboxylic acids is 3. The Morgan fingerprint density at radius 3 is 1.22 bits per heavy atom. The Morgan fingerprint density at radius 1 is 0.410 bits per heavy atom. The molecule has 1 heterocycles. The van der Waals surface area contributed by atoms with E-state index in [1.165, 1.54) is 109 Å². The first-order chi connectivity index (χ1) is 40.6. The topological polar surface area (TPSA) is 175 Å². The molecule has 83 heavy (non-hydrogen) atoms. The monoisotopic (exact) mass is 1160 g/mol. The van der Waals surface area contributed by atoms with Crippen molar-refractivity contribution in [3.8, 4) is 0 Å². The number of aliphatic hydroxyl groups is 2. The molecule has 0 aromatic rings. The Hall–Kier alpha value is -4.36. The van der Waals surface area contributed by atoms with E-state index in [9.17, 15) is 34.5 Å². The highest BCUT2D eigenvalue weighted by molar-refractivity contribution is 5.74. The highest BCUT2D eigenvalue weighted by Gasteiger charge is 2.50. The normalized spacial score (nSPS) is 18.2. The molecule has 3 N–H and O–H groups in total. The molecule has 1 aliphatic rings. The lowest BCUT2D eigenvalue weighted by atomic mass is 9.98. The van der Waals surface area contributed by atoms with Gasteiger partial charge >= 0.3 is 23.9 Å². The summed E-state index contributed by atoms with van der Waals surface area (Å²) in [6, 6.07) is 0. The summed E-state index contributed by atoms with van der Waals surface area (Å²) in [7, 11) is 0. The van der Waals surface area contributed by atoms with Crippen molar-refractivity contribution < 1.29 is 58.2 Å². The maximum atomic E-state index is 13.2. The van der Waals surface area contributed by atoms with E-state index in [2.05, 4.69) is 106 Å². The second kappa shape index (κ2) is 58.0. The number of unbranched alkanes of at least 4 members (excludes halogenated alkanes) is 26. The van der Waals surface area contributed by atoms with Crippen molar-refractivity contribution in [1.29, 1.82) is 0 Å². The third kappa shape index (κ3) is 47.6. The predicted molar refractivity (Wildman–Crippen MR) is 340 cm³/mol. The van der Waals surface area contributed by atoms with Gasteiger partial charge in [0.05, 0.1) is 6.61 Å². The first-order valence-electron chi connectivity index (χ1n) is 33.2. The van der Waals surface area contributed by atoms with Crippen LogP contribution in [0.25, 0.3) is 0 Å². The van der Waals surface area contributed by atoms with Gasteiger partial charge in [-0.2, -0.15) is 0 Å². The number of rotatable bonds is 56. The van der Waals surface area contributed by atoms with Gasteiger partial charge in [-0.05, 0) is 96.3 Å². The second-order valence-electron chi connectivity index (χ2n) is 22.4. The molecule has 0 aromatic heterocycles. The Labute approximate surface area is 504 Å². The van der Waals surface area contributed by atoms with E-state index in [0.717, 1.165) is 103 Å². The molecule has 0 amide bonds. The largest absolute Gasteiger partial charge is 0.479 e. The van der Waals surface area contributed by atoms with E-state index in [4.69, 9.17) is 23.7 Å². The van der Waals surface area contributed by atoms with E-state index in [1.54, 1.807) is 0 Å².